The molecule has 1 saturated heterocycles. The number of hydrogen-bond acceptors (Lipinski definition) is 4. The summed E-state index contributed by atoms with van der Waals surface area (Å²) in [4.78, 5) is 14.9. The van der Waals surface area contributed by atoms with Crippen molar-refractivity contribution in [2.45, 2.75) is 58.7 Å². The van der Waals surface area contributed by atoms with Crippen LogP contribution in [0.15, 0.2) is 0 Å². The highest BCUT2D eigenvalue weighted by molar-refractivity contribution is 5.80. The standard InChI is InChI=1S/C16H30N2O3/c1-10-9-21-12(8-19)7-18(10)15(20)13-5-6-14(17)11(2)16(13,3)4/h10-14,19H,5-9,17H2,1-4H3. The van der Waals surface area contributed by atoms with Gasteiger partial charge in [-0.25, -0.2) is 0 Å². The number of morpholine rings is 1. The molecule has 0 radical (unpaired) electrons. The lowest BCUT2D eigenvalue weighted by atomic mass is 9.60. The smallest absolute Gasteiger partial charge is 0.226 e. The van der Waals surface area contributed by atoms with E-state index in [-0.39, 0.29) is 42.0 Å². The van der Waals surface area contributed by atoms with Crippen LogP contribution in [0.2, 0.25) is 0 Å². The van der Waals surface area contributed by atoms with E-state index < -0.39 is 0 Å². The van der Waals surface area contributed by atoms with E-state index in [9.17, 15) is 9.90 Å². The van der Waals surface area contributed by atoms with E-state index in [1.54, 1.807) is 0 Å². The molecule has 0 spiro atoms. The van der Waals surface area contributed by atoms with Crippen molar-refractivity contribution in [1.82, 2.24) is 4.90 Å². The van der Waals surface area contributed by atoms with Crippen LogP contribution in [0.5, 0.6) is 0 Å². The predicted molar refractivity (Wildman–Crippen MR) is 81.6 cm³/mol. The van der Waals surface area contributed by atoms with Crippen molar-refractivity contribution in [1.29, 1.82) is 0 Å². The first kappa shape index (κ1) is 16.7. The first-order valence-electron chi connectivity index (χ1n) is 8.07. The zero-order valence-corrected chi connectivity index (χ0v) is 13.7. The lowest BCUT2D eigenvalue weighted by molar-refractivity contribution is -0.157. The van der Waals surface area contributed by atoms with Crippen LogP contribution in [0.4, 0.5) is 0 Å². The number of ether oxygens (including phenoxy) is 1. The molecule has 2 fully saturated rings. The molecule has 2 aliphatic rings. The molecule has 2 rings (SSSR count). The summed E-state index contributed by atoms with van der Waals surface area (Å²) in [5, 5.41) is 9.29. The van der Waals surface area contributed by atoms with E-state index in [1.807, 2.05) is 11.8 Å². The van der Waals surface area contributed by atoms with E-state index in [0.717, 1.165) is 12.8 Å². The molecule has 1 aliphatic carbocycles. The maximum absolute atomic E-state index is 13.0. The molecule has 5 nitrogen and oxygen atoms in total. The molecule has 1 saturated carbocycles. The third-order valence-corrected chi connectivity index (χ3v) is 5.79. The zero-order chi connectivity index (χ0) is 15.8. The van der Waals surface area contributed by atoms with E-state index in [1.165, 1.54) is 0 Å². The molecule has 1 heterocycles. The van der Waals surface area contributed by atoms with Crippen molar-refractivity contribution in [3.63, 3.8) is 0 Å². The van der Waals surface area contributed by atoms with Gasteiger partial charge in [-0.1, -0.05) is 20.8 Å². The van der Waals surface area contributed by atoms with Gasteiger partial charge in [0.25, 0.3) is 0 Å². The SMILES string of the molecule is CC1COC(CO)CN1C(=O)C1CCC(N)C(C)C1(C)C. The summed E-state index contributed by atoms with van der Waals surface area (Å²) in [6, 6.07) is 0.248. The van der Waals surface area contributed by atoms with E-state index >= 15 is 0 Å². The summed E-state index contributed by atoms with van der Waals surface area (Å²) >= 11 is 0. The van der Waals surface area contributed by atoms with Gasteiger partial charge in [-0.3, -0.25) is 4.79 Å². The molecule has 5 atom stereocenters. The minimum absolute atomic E-state index is 0.00666. The topological polar surface area (TPSA) is 75.8 Å². The highest BCUT2D eigenvalue weighted by Gasteiger charge is 2.47. The Labute approximate surface area is 127 Å². The highest BCUT2D eigenvalue weighted by Crippen LogP contribution is 2.45. The molecule has 5 heteroatoms. The van der Waals surface area contributed by atoms with E-state index in [2.05, 4.69) is 20.8 Å². The minimum Gasteiger partial charge on any atom is -0.394 e. The van der Waals surface area contributed by atoms with Crippen molar-refractivity contribution in [2.75, 3.05) is 19.8 Å². The molecule has 0 aromatic rings. The average molecular weight is 298 g/mol. The van der Waals surface area contributed by atoms with Crippen LogP contribution >= 0.6 is 0 Å². The van der Waals surface area contributed by atoms with Crippen molar-refractivity contribution in [2.24, 2.45) is 23.0 Å². The van der Waals surface area contributed by atoms with Gasteiger partial charge in [0.2, 0.25) is 5.91 Å². The fraction of sp³-hybridized carbons (Fsp3) is 0.938. The van der Waals surface area contributed by atoms with Gasteiger partial charge in [-0.15, -0.1) is 0 Å². The first-order valence-corrected chi connectivity index (χ1v) is 8.07. The quantitative estimate of drug-likeness (QED) is 0.797. The molecule has 3 N–H and O–H groups in total. The lowest BCUT2D eigenvalue weighted by Gasteiger charge is -2.49. The summed E-state index contributed by atoms with van der Waals surface area (Å²) in [6.07, 6.45) is 1.51. The fourth-order valence-corrected chi connectivity index (χ4v) is 3.73. The lowest BCUT2D eigenvalue weighted by Crippen LogP contribution is -2.58. The Balaban J connectivity index is 2.14. The molecular formula is C16H30N2O3. The number of nitrogens with zero attached hydrogens (tertiary/aromatic N) is 1. The molecule has 0 bridgehead atoms. The fourth-order valence-electron chi connectivity index (χ4n) is 3.73. The Morgan fingerprint density at radius 1 is 1.38 bits per heavy atom. The molecule has 0 aromatic heterocycles. The maximum atomic E-state index is 13.0. The van der Waals surface area contributed by atoms with Crippen LogP contribution in [0.25, 0.3) is 0 Å². The molecule has 21 heavy (non-hydrogen) atoms. The van der Waals surface area contributed by atoms with E-state index in [0.29, 0.717) is 19.1 Å². The predicted octanol–water partition coefficient (Wildman–Crippen LogP) is 0.994. The third-order valence-electron chi connectivity index (χ3n) is 5.79. The summed E-state index contributed by atoms with van der Waals surface area (Å²) in [5.74, 6) is 0.533. The number of aliphatic hydroxyl groups excluding tert-OH is 1. The van der Waals surface area contributed by atoms with Crippen LogP contribution in [-0.4, -0.2) is 53.9 Å². The van der Waals surface area contributed by atoms with Crippen molar-refractivity contribution in [3.05, 3.63) is 0 Å². The Bertz CT molecular complexity index is 386. The van der Waals surface area contributed by atoms with Crippen LogP contribution < -0.4 is 5.73 Å². The zero-order valence-electron chi connectivity index (χ0n) is 13.7. The summed E-state index contributed by atoms with van der Waals surface area (Å²) in [5.41, 5.74) is 6.09. The summed E-state index contributed by atoms with van der Waals surface area (Å²) in [6.45, 7) is 9.44. The summed E-state index contributed by atoms with van der Waals surface area (Å²) in [7, 11) is 0. The normalized spacial score (nSPS) is 40.1. The Hall–Kier alpha value is -0.650. The van der Waals surface area contributed by atoms with Gasteiger partial charge < -0.3 is 20.5 Å². The maximum Gasteiger partial charge on any atom is 0.226 e. The van der Waals surface area contributed by atoms with Crippen LogP contribution in [0.3, 0.4) is 0 Å². The van der Waals surface area contributed by atoms with Crippen molar-refractivity contribution < 1.29 is 14.6 Å². The number of hydrogen-bond donors (Lipinski definition) is 2. The third kappa shape index (κ3) is 3.10. The number of rotatable bonds is 2. The molecule has 1 aliphatic heterocycles. The van der Waals surface area contributed by atoms with Crippen LogP contribution in [-0.2, 0) is 9.53 Å². The van der Waals surface area contributed by atoms with Gasteiger partial charge in [0.1, 0.15) is 0 Å². The largest absolute Gasteiger partial charge is 0.394 e. The van der Waals surface area contributed by atoms with Crippen molar-refractivity contribution in [3.8, 4) is 0 Å². The van der Waals surface area contributed by atoms with Gasteiger partial charge in [-0.2, -0.15) is 0 Å². The van der Waals surface area contributed by atoms with Crippen LogP contribution in [0.1, 0.15) is 40.5 Å². The van der Waals surface area contributed by atoms with Crippen molar-refractivity contribution >= 4 is 5.91 Å². The van der Waals surface area contributed by atoms with Gasteiger partial charge in [-0.05, 0) is 31.1 Å². The number of aliphatic hydroxyl groups is 1. The average Bonchev–Trinajstić information content (AvgIpc) is 2.45. The first-order chi connectivity index (χ1) is 9.78. The molecule has 5 unspecified atom stereocenters. The van der Waals surface area contributed by atoms with Crippen LogP contribution in [0, 0.1) is 17.3 Å². The monoisotopic (exact) mass is 298 g/mol. The Morgan fingerprint density at radius 3 is 2.67 bits per heavy atom. The summed E-state index contributed by atoms with van der Waals surface area (Å²) < 4.78 is 5.53. The molecule has 1 amide bonds. The molecule has 122 valence electrons. The number of carbonyl (C=O) groups is 1. The molecular weight excluding hydrogens is 268 g/mol. The van der Waals surface area contributed by atoms with Gasteiger partial charge in [0, 0.05) is 18.5 Å². The highest BCUT2D eigenvalue weighted by atomic mass is 16.5. The number of amides is 1. The Kier molecular flexibility index (Phi) is 4.96. The second kappa shape index (κ2) is 6.23. The molecule has 0 aromatic carbocycles. The Morgan fingerprint density at radius 2 is 2.05 bits per heavy atom. The number of nitrogens with two attached hydrogens (primary N) is 1. The second-order valence-corrected chi connectivity index (χ2v) is 7.38. The van der Waals surface area contributed by atoms with Gasteiger partial charge in [0.05, 0.1) is 25.4 Å². The minimum atomic E-state index is -0.253. The second-order valence-electron chi connectivity index (χ2n) is 7.38. The van der Waals surface area contributed by atoms with Gasteiger partial charge >= 0.3 is 0 Å². The van der Waals surface area contributed by atoms with Gasteiger partial charge in [0.15, 0.2) is 0 Å². The number of carbonyl (C=O) groups excluding carboxylic acids is 1. The van der Waals surface area contributed by atoms with E-state index in [4.69, 9.17) is 10.5 Å².